The summed E-state index contributed by atoms with van der Waals surface area (Å²) in [6.45, 7) is 20.4. The number of hydrogen-bond donors (Lipinski definition) is 0. The van der Waals surface area contributed by atoms with Crippen LogP contribution in [0.3, 0.4) is 0 Å². The molecule has 0 amide bonds. The summed E-state index contributed by atoms with van der Waals surface area (Å²) in [6.07, 6.45) is 14.7. The predicted molar refractivity (Wildman–Crippen MR) is 93.7 cm³/mol. The van der Waals surface area contributed by atoms with Crippen LogP contribution in [-0.2, 0) is 0 Å². The number of allylic oxidation sites excluding steroid dienone is 3. The molecule has 0 aromatic carbocycles. The summed E-state index contributed by atoms with van der Waals surface area (Å²) in [5, 5.41) is 0. The Balaban J connectivity index is 4.26. The molecule has 0 aliphatic carbocycles. The van der Waals surface area contributed by atoms with Crippen molar-refractivity contribution in [3.63, 3.8) is 0 Å². The van der Waals surface area contributed by atoms with E-state index in [0.717, 1.165) is 12.8 Å². The molecule has 0 heteroatoms. The van der Waals surface area contributed by atoms with Crippen molar-refractivity contribution in [1.82, 2.24) is 0 Å². The second-order valence-electron chi connectivity index (χ2n) is 8.97. The SMILES string of the molecule is C=C[CH+]CCC=CCC(C)(C)CC(C)(C)CC(C)(C)C. The summed E-state index contributed by atoms with van der Waals surface area (Å²) in [7, 11) is 0. The van der Waals surface area contributed by atoms with Crippen LogP contribution in [0.5, 0.6) is 0 Å². The normalized spacial score (nSPS) is 13.8. The topological polar surface area (TPSA) is 0 Å². The van der Waals surface area contributed by atoms with Gasteiger partial charge in [0.2, 0.25) is 0 Å². The monoisotopic (exact) mass is 277 g/mol. The molecule has 116 valence electrons. The van der Waals surface area contributed by atoms with E-state index in [0.29, 0.717) is 16.2 Å². The zero-order valence-corrected chi connectivity index (χ0v) is 15.1. The van der Waals surface area contributed by atoms with Crippen molar-refractivity contribution in [3.05, 3.63) is 31.2 Å². The Kier molecular flexibility index (Phi) is 7.70. The molecular formula is C20H37+. The van der Waals surface area contributed by atoms with Crippen molar-refractivity contribution in [1.29, 1.82) is 0 Å². The maximum absolute atomic E-state index is 3.71. The maximum Gasteiger partial charge on any atom is 0.0864 e. The van der Waals surface area contributed by atoms with Crippen molar-refractivity contribution < 1.29 is 0 Å². The molecule has 0 saturated carbocycles. The highest BCUT2D eigenvalue weighted by Crippen LogP contribution is 2.43. The zero-order chi connectivity index (χ0) is 15.9. The van der Waals surface area contributed by atoms with Gasteiger partial charge in [-0.05, 0) is 41.9 Å². The van der Waals surface area contributed by atoms with Gasteiger partial charge in [-0.1, -0.05) is 60.6 Å². The minimum atomic E-state index is 0.382. The summed E-state index contributed by atoms with van der Waals surface area (Å²) in [5.74, 6) is 0. The Bertz CT molecular complexity index is 296. The molecule has 0 spiro atoms. The van der Waals surface area contributed by atoms with Crippen LogP contribution in [0.25, 0.3) is 0 Å². The molecule has 0 heterocycles. The van der Waals surface area contributed by atoms with Crippen molar-refractivity contribution in [2.75, 3.05) is 0 Å². The second-order valence-corrected chi connectivity index (χ2v) is 8.97. The number of unbranched alkanes of at least 4 members (excludes halogenated alkanes) is 2. The first-order valence-corrected chi connectivity index (χ1v) is 8.07. The predicted octanol–water partition coefficient (Wildman–Crippen LogP) is 6.98. The van der Waals surface area contributed by atoms with E-state index in [-0.39, 0.29) is 0 Å². The smallest absolute Gasteiger partial charge is 0.0864 e. The third kappa shape index (κ3) is 11.2. The van der Waals surface area contributed by atoms with E-state index in [1.807, 2.05) is 6.08 Å². The van der Waals surface area contributed by atoms with Crippen LogP contribution in [0.15, 0.2) is 24.8 Å². The summed E-state index contributed by atoms with van der Waals surface area (Å²) in [6, 6.07) is 0. The van der Waals surface area contributed by atoms with Crippen LogP contribution in [-0.4, -0.2) is 0 Å². The molecule has 0 aliphatic rings. The largest absolute Gasteiger partial charge is 0.0879 e. The second kappa shape index (κ2) is 7.96. The Labute approximate surface area is 128 Å². The lowest BCUT2D eigenvalue weighted by molar-refractivity contribution is 0.134. The van der Waals surface area contributed by atoms with E-state index >= 15 is 0 Å². The van der Waals surface area contributed by atoms with Gasteiger partial charge in [-0.3, -0.25) is 0 Å². The summed E-state index contributed by atoms with van der Waals surface area (Å²) in [4.78, 5) is 0. The molecule has 0 bridgehead atoms. The third-order valence-corrected chi connectivity index (χ3v) is 3.47. The zero-order valence-electron chi connectivity index (χ0n) is 15.1. The van der Waals surface area contributed by atoms with Gasteiger partial charge in [0.15, 0.2) is 0 Å². The van der Waals surface area contributed by atoms with E-state index < -0.39 is 0 Å². The molecule has 0 unspecified atom stereocenters. The van der Waals surface area contributed by atoms with Crippen LogP contribution in [0.2, 0.25) is 0 Å². The molecular weight excluding hydrogens is 240 g/mol. The van der Waals surface area contributed by atoms with Crippen LogP contribution < -0.4 is 0 Å². The average Bonchev–Trinajstić information content (AvgIpc) is 2.17. The molecule has 0 atom stereocenters. The van der Waals surface area contributed by atoms with Crippen molar-refractivity contribution in [2.45, 2.75) is 80.6 Å². The molecule has 0 saturated heterocycles. The minimum absolute atomic E-state index is 0.382. The number of hydrogen-bond acceptors (Lipinski definition) is 0. The lowest BCUT2D eigenvalue weighted by Gasteiger charge is -2.38. The van der Waals surface area contributed by atoms with Gasteiger partial charge in [0.1, 0.15) is 0 Å². The third-order valence-electron chi connectivity index (χ3n) is 3.47. The Morgan fingerprint density at radius 2 is 1.45 bits per heavy atom. The fourth-order valence-electron chi connectivity index (χ4n) is 3.70. The summed E-state index contributed by atoms with van der Waals surface area (Å²) in [5.41, 5.74) is 1.20. The van der Waals surface area contributed by atoms with Gasteiger partial charge in [0, 0.05) is 19.4 Å². The van der Waals surface area contributed by atoms with Gasteiger partial charge in [-0.25, -0.2) is 0 Å². The maximum atomic E-state index is 3.71. The molecule has 0 fully saturated rings. The highest BCUT2D eigenvalue weighted by molar-refractivity contribution is 4.93. The fraction of sp³-hybridized carbons (Fsp3) is 0.750. The Morgan fingerprint density at radius 1 is 0.850 bits per heavy atom. The van der Waals surface area contributed by atoms with Gasteiger partial charge in [0.25, 0.3) is 0 Å². The Morgan fingerprint density at radius 3 is 1.95 bits per heavy atom. The van der Waals surface area contributed by atoms with Gasteiger partial charge in [-0.15, -0.1) is 0 Å². The van der Waals surface area contributed by atoms with E-state index in [1.54, 1.807) is 0 Å². The Hall–Kier alpha value is -0.650. The van der Waals surface area contributed by atoms with Crippen LogP contribution in [0.4, 0.5) is 0 Å². The van der Waals surface area contributed by atoms with Gasteiger partial charge < -0.3 is 0 Å². The molecule has 0 aromatic rings. The van der Waals surface area contributed by atoms with Crippen molar-refractivity contribution in [3.8, 4) is 0 Å². The average molecular weight is 278 g/mol. The summed E-state index contributed by atoms with van der Waals surface area (Å²) < 4.78 is 0. The number of rotatable bonds is 9. The molecule has 0 radical (unpaired) electrons. The first-order chi connectivity index (χ1) is 8.97. The van der Waals surface area contributed by atoms with E-state index in [1.165, 1.54) is 19.3 Å². The quantitative estimate of drug-likeness (QED) is 0.242. The highest BCUT2D eigenvalue weighted by atomic mass is 14.4. The molecule has 0 nitrogen and oxygen atoms in total. The molecule has 0 rings (SSSR count). The molecule has 0 N–H and O–H groups in total. The van der Waals surface area contributed by atoms with Gasteiger partial charge in [-0.2, -0.15) is 0 Å². The lowest BCUT2D eigenvalue weighted by atomic mass is 9.67. The van der Waals surface area contributed by atoms with Crippen LogP contribution in [0, 0.1) is 22.7 Å². The fourth-order valence-corrected chi connectivity index (χ4v) is 3.70. The highest BCUT2D eigenvalue weighted by Gasteiger charge is 2.31. The first-order valence-electron chi connectivity index (χ1n) is 8.07. The van der Waals surface area contributed by atoms with Gasteiger partial charge >= 0.3 is 0 Å². The van der Waals surface area contributed by atoms with Gasteiger partial charge in [0.05, 0.1) is 6.08 Å². The van der Waals surface area contributed by atoms with E-state index in [9.17, 15) is 0 Å². The van der Waals surface area contributed by atoms with Crippen molar-refractivity contribution >= 4 is 0 Å². The first kappa shape index (κ1) is 19.4. The lowest BCUT2D eigenvalue weighted by Crippen LogP contribution is -2.27. The van der Waals surface area contributed by atoms with Crippen LogP contribution in [0.1, 0.15) is 80.6 Å². The van der Waals surface area contributed by atoms with Crippen molar-refractivity contribution in [2.24, 2.45) is 16.2 Å². The van der Waals surface area contributed by atoms with Crippen LogP contribution >= 0.6 is 0 Å². The minimum Gasteiger partial charge on any atom is -0.0879 e. The summed E-state index contributed by atoms with van der Waals surface area (Å²) >= 11 is 0. The van der Waals surface area contributed by atoms with E-state index in [2.05, 4.69) is 73.6 Å². The molecule has 0 aromatic heterocycles. The standard InChI is InChI=1S/C20H37/c1-9-10-11-12-13-14-15-19(5,6)17-20(7,8)16-18(2,3)4/h9-10,13-14H,1,11-12,15-17H2,2-8H3/q+1. The molecule has 20 heavy (non-hydrogen) atoms. The van der Waals surface area contributed by atoms with E-state index in [4.69, 9.17) is 0 Å². The molecule has 0 aliphatic heterocycles.